The van der Waals surface area contributed by atoms with Crippen LogP contribution in [0.2, 0.25) is 0 Å². The molecule has 0 heterocycles. The van der Waals surface area contributed by atoms with Gasteiger partial charge in [-0.05, 0) is 26.2 Å². The van der Waals surface area contributed by atoms with Gasteiger partial charge in [-0.15, -0.1) is 0 Å². The first-order valence-corrected chi connectivity index (χ1v) is 5.38. The highest BCUT2D eigenvalue weighted by Crippen LogP contribution is 2.19. The van der Waals surface area contributed by atoms with E-state index in [2.05, 4.69) is 5.48 Å². The normalized spacial score (nSPS) is 19.6. The summed E-state index contributed by atoms with van der Waals surface area (Å²) in [6, 6.07) is 0.0761. The molecular weight excluding hydrogens is 180 g/mol. The Hall–Kier alpha value is -0.610. The number of carbonyl (C=O) groups excluding carboxylic acids is 1. The number of carbonyl (C=O) groups is 1. The van der Waals surface area contributed by atoms with E-state index < -0.39 is 0 Å². The van der Waals surface area contributed by atoms with E-state index in [1.807, 2.05) is 6.92 Å². The van der Waals surface area contributed by atoms with Crippen molar-refractivity contribution in [3.05, 3.63) is 0 Å². The molecule has 4 nitrogen and oxygen atoms in total. The maximum atomic E-state index is 11.2. The summed E-state index contributed by atoms with van der Waals surface area (Å²) in [7, 11) is 0. The third-order valence-electron chi connectivity index (χ3n) is 2.47. The highest BCUT2D eigenvalue weighted by atomic mass is 16.7. The van der Waals surface area contributed by atoms with Gasteiger partial charge >= 0.3 is 0 Å². The predicted octanol–water partition coefficient (Wildman–Crippen LogP) is 1.10. The van der Waals surface area contributed by atoms with E-state index in [9.17, 15) is 4.79 Å². The number of rotatable bonds is 5. The fourth-order valence-electron chi connectivity index (χ4n) is 1.57. The van der Waals surface area contributed by atoms with Crippen LogP contribution >= 0.6 is 0 Å². The Bertz CT molecular complexity index is 177. The lowest BCUT2D eigenvalue weighted by atomic mass is 10.2. The molecule has 14 heavy (non-hydrogen) atoms. The zero-order valence-corrected chi connectivity index (χ0v) is 8.79. The monoisotopic (exact) mass is 200 g/mol. The minimum Gasteiger partial charge on any atom is -0.328 e. The Morgan fingerprint density at radius 1 is 1.57 bits per heavy atom. The molecular formula is C10H20N2O2. The molecule has 1 atom stereocenters. The van der Waals surface area contributed by atoms with E-state index in [1.54, 1.807) is 0 Å². The van der Waals surface area contributed by atoms with Crippen molar-refractivity contribution in [1.82, 2.24) is 5.48 Å². The molecule has 0 spiro atoms. The van der Waals surface area contributed by atoms with Crippen LogP contribution in [0.25, 0.3) is 0 Å². The molecule has 0 aliphatic heterocycles. The molecule has 0 bridgehead atoms. The van der Waals surface area contributed by atoms with Crippen LogP contribution in [0.3, 0.4) is 0 Å². The number of hydrogen-bond donors (Lipinski definition) is 2. The van der Waals surface area contributed by atoms with Gasteiger partial charge in [-0.2, -0.15) is 0 Å². The molecule has 1 aliphatic carbocycles. The van der Waals surface area contributed by atoms with Gasteiger partial charge in [0.1, 0.15) is 0 Å². The van der Waals surface area contributed by atoms with Crippen LogP contribution in [0.1, 0.15) is 45.4 Å². The van der Waals surface area contributed by atoms with Crippen molar-refractivity contribution < 1.29 is 9.63 Å². The van der Waals surface area contributed by atoms with E-state index in [4.69, 9.17) is 10.6 Å². The van der Waals surface area contributed by atoms with Crippen molar-refractivity contribution in [2.45, 2.75) is 57.6 Å². The van der Waals surface area contributed by atoms with Crippen LogP contribution in [0.4, 0.5) is 0 Å². The van der Waals surface area contributed by atoms with Gasteiger partial charge in [0.2, 0.25) is 5.91 Å². The van der Waals surface area contributed by atoms with Gasteiger partial charge in [0.15, 0.2) is 0 Å². The largest absolute Gasteiger partial charge is 0.328 e. The standard InChI is InChI=1S/C10H20N2O2/c1-8(11)6-7-10(13)12-14-9-4-2-3-5-9/h8-9H,2-7,11H2,1H3,(H,12,13). The third kappa shape index (κ3) is 4.58. The number of hydroxylamine groups is 1. The van der Waals surface area contributed by atoms with E-state index in [0.717, 1.165) is 12.8 Å². The molecule has 0 saturated heterocycles. The van der Waals surface area contributed by atoms with Crippen molar-refractivity contribution in [3.63, 3.8) is 0 Å². The number of amides is 1. The Balaban J connectivity index is 2.02. The van der Waals surface area contributed by atoms with Gasteiger partial charge in [0, 0.05) is 12.5 Å². The van der Waals surface area contributed by atoms with Crippen LogP contribution in [0, 0.1) is 0 Å². The predicted molar refractivity (Wildman–Crippen MR) is 54.4 cm³/mol. The lowest BCUT2D eigenvalue weighted by molar-refractivity contribution is -0.138. The minimum atomic E-state index is -0.0609. The molecule has 0 aromatic heterocycles. The lowest BCUT2D eigenvalue weighted by Crippen LogP contribution is -2.29. The Labute approximate surface area is 85.1 Å². The maximum Gasteiger partial charge on any atom is 0.243 e. The van der Waals surface area contributed by atoms with Crippen LogP contribution < -0.4 is 11.2 Å². The highest BCUT2D eigenvalue weighted by molar-refractivity contribution is 5.74. The Morgan fingerprint density at radius 3 is 2.79 bits per heavy atom. The molecule has 0 aromatic rings. The maximum absolute atomic E-state index is 11.2. The fraction of sp³-hybridized carbons (Fsp3) is 0.900. The number of hydrogen-bond acceptors (Lipinski definition) is 3. The topological polar surface area (TPSA) is 64.4 Å². The molecule has 1 rings (SSSR count). The van der Waals surface area contributed by atoms with Crippen LogP contribution in [-0.4, -0.2) is 18.1 Å². The average molecular weight is 200 g/mol. The van der Waals surface area contributed by atoms with Crippen LogP contribution in [0.5, 0.6) is 0 Å². The van der Waals surface area contributed by atoms with Gasteiger partial charge in [-0.3, -0.25) is 9.63 Å². The Kier molecular flexibility index (Phi) is 4.90. The molecule has 1 amide bonds. The fourth-order valence-corrected chi connectivity index (χ4v) is 1.57. The quantitative estimate of drug-likeness (QED) is 0.653. The molecule has 1 fully saturated rings. The smallest absolute Gasteiger partial charge is 0.243 e. The van der Waals surface area contributed by atoms with Crippen molar-refractivity contribution in [3.8, 4) is 0 Å². The number of nitrogens with one attached hydrogen (secondary N) is 1. The summed E-state index contributed by atoms with van der Waals surface area (Å²) in [5.74, 6) is -0.0609. The first kappa shape index (κ1) is 11.5. The van der Waals surface area contributed by atoms with Crippen molar-refractivity contribution >= 4 is 5.91 Å². The SMILES string of the molecule is CC(N)CCC(=O)NOC1CCCC1. The molecule has 0 aromatic carbocycles. The van der Waals surface area contributed by atoms with E-state index in [-0.39, 0.29) is 18.1 Å². The molecule has 1 aliphatic rings. The first-order chi connectivity index (χ1) is 6.68. The van der Waals surface area contributed by atoms with Gasteiger partial charge in [0.05, 0.1) is 6.10 Å². The van der Waals surface area contributed by atoms with Crippen molar-refractivity contribution in [2.24, 2.45) is 5.73 Å². The molecule has 1 saturated carbocycles. The van der Waals surface area contributed by atoms with Gasteiger partial charge in [0.25, 0.3) is 0 Å². The van der Waals surface area contributed by atoms with Gasteiger partial charge < -0.3 is 5.73 Å². The van der Waals surface area contributed by atoms with Crippen LogP contribution in [-0.2, 0) is 9.63 Å². The summed E-state index contributed by atoms with van der Waals surface area (Å²) < 4.78 is 0. The zero-order chi connectivity index (χ0) is 10.4. The van der Waals surface area contributed by atoms with Crippen LogP contribution in [0.15, 0.2) is 0 Å². The van der Waals surface area contributed by atoms with E-state index in [1.165, 1.54) is 12.8 Å². The number of nitrogens with two attached hydrogens (primary N) is 1. The Morgan fingerprint density at radius 2 is 2.21 bits per heavy atom. The second-order valence-electron chi connectivity index (χ2n) is 4.07. The summed E-state index contributed by atoms with van der Waals surface area (Å²) >= 11 is 0. The molecule has 1 unspecified atom stereocenters. The average Bonchev–Trinajstić information content (AvgIpc) is 2.63. The third-order valence-corrected chi connectivity index (χ3v) is 2.47. The van der Waals surface area contributed by atoms with E-state index >= 15 is 0 Å². The second-order valence-corrected chi connectivity index (χ2v) is 4.07. The highest BCUT2D eigenvalue weighted by Gasteiger charge is 2.16. The summed E-state index contributed by atoms with van der Waals surface area (Å²) in [6.45, 7) is 1.89. The summed E-state index contributed by atoms with van der Waals surface area (Å²) in [5, 5.41) is 0. The summed E-state index contributed by atoms with van der Waals surface area (Å²) in [5.41, 5.74) is 8.02. The second kappa shape index (κ2) is 5.98. The molecule has 82 valence electrons. The first-order valence-electron chi connectivity index (χ1n) is 5.38. The summed E-state index contributed by atoms with van der Waals surface area (Å²) in [4.78, 5) is 16.5. The minimum absolute atomic E-state index is 0.0609. The lowest BCUT2D eigenvalue weighted by Gasteiger charge is -2.11. The van der Waals surface area contributed by atoms with Gasteiger partial charge in [-0.1, -0.05) is 12.8 Å². The van der Waals surface area contributed by atoms with Gasteiger partial charge in [-0.25, -0.2) is 5.48 Å². The zero-order valence-electron chi connectivity index (χ0n) is 8.79. The van der Waals surface area contributed by atoms with E-state index in [0.29, 0.717) is 12.8 Å². The van der Waals surface area contributed by atoms with Crippen molar-refractivity contribution in [1.29, 1.82) is 0 Å². The summed E-state index contributed by atoms with van der Waals surface area (Å²) in [6.07, 6.45) is 5.93. The van der Waals surface area contributed by atoms with Crippen molar-refractivity contribution in [2.75, 3.05) is 0 Å². The molecule has 0 radical (unpaired) electrons. The molecule has 3 N–H and O–H groups in total. The molecule has 4 heteroatoms.